The molecule has 0 unspecified atom stereocenters. The Morgan fingerprint density at radius 3 is 1.88 bits per heavy atom. The minimum Gasteiger partial charge on any atom is -0.324 e. The molecule has 0 saturated heterocycles. The monoisotopic (exact) mass is 257 g/mol. The van der Waals surface area contributed by atoms with E-state index in [0.29, 0.717) is 18.2 Å². The van der Waals surface area contributed by atoms with Crippen molar-refractivity contribution in [3.05, 3.63) is 34.9 Å². The van der Waals surface area contributed by atoms with E-state index in [4.69, 9.17) is 5.73 Å². The maximum atomic E-state index is 12.5. The zero-order valence-corrected chi connectivity index (χ0v) is 8.65. The summed E-state index contributed by atoms with van der Waals surface area (Å²) in [5.74, 6) is 0. The lowest BCUT2D eigenvalue weighted by atomic mass is 9.98. The van der Waals surface area contributed by atoms with Crippen molar-refractivity contribution in [2.45, 2.75) is 25.3 Å². The summed E-state index contributed by atoms with van der Waals surface area (Å²) in [6, 6.07) is 0.109. The van der Waals surface area contributed by atoms with Gasteiger partial charge < -0.3 is 5.73 Å². The molecule has 0 bridgehead atoms. The molecule has 0 aliphatic heterocycles. The van der Waals surface area contributed by atoms with Crippen LogP contribution in [0.2, 0.25) is 0 Å². The smallest absolute Gasteiger partial charge is 0.324 e. The minimum atomic E-state index is -4.72. The molecule has 0 aliphatic rings. The number of benzene rings is 1. The van der Waals surface area contributed by atoms with Crippen LogP contribution in [-0.4, -0.2) is 0 Å². The Morgan fingerprint density at radius 1 is 1.00 bits per heavy atom. The molecule has 96 valence electrons. The van der Waals surface area contributed by atoms with Gasteiger partial charge in [0.05, 0.1) is 11.1 Å². The van der Waals surface area contributed by atoms with Crippen molar-refractivity contribution >= 4 is 0 Å². The van der Waals surface area contributed by atoms with Crippen molar-refractivity contribution in [3.63, 3.8) is 0 Å². The lowest BCUT2D eigenvalue weighted by Gasteiger charge is -2.17. The van der Waals surface area contributed by atoms with Gasteiger partial charge in [-0.15, -0.1) is 0 Å². The van der Waals surface area contributed by atoms with Crippen molar-refractivity contribution in [1.29, 1.82) is 0 Å². The highest BCUT2D eigenvalue weighted by Gasteiger charge is 2.37. The van der Waals surface area contributed by atoms with Crippen LogP contribution in [0.25, 0.3) is 0 Å². The largest absolute Gasteiger partial charge is 0.416 e. The second kappa shape index (κ2) is 4.21. The topological polar surface area (TPSA) is 26.0 Å². The molecule has 1 nitrogen and oxygen atoms in total. The van der Waals surface area contributed by atoms with Crippen LogP contribution >= 0.6 is 0 Å². The lowest BCUT2D eigenvalue weighted by molar-refractivity contribution is -0.142. The summed E-state index contributed by atoms with van der Waals surface area (Å²) in [6.45, 7) is 1.20. The van der Waals surface area contributed by atoms with Crippen LogP contribution in [0.15, 0.2) is 18.2 Å². The van der Waals surface area contributed by atoms with Gasteiger partial charge in [-0.2, -0.15) is 26.3 Å². The van der Waals surface area contributed by atoms with E-state index in [9.17, 15) is 26.3 Å². The summed E-state index contributed by atoms with van der Waals surface area (Å²) in [5, 5.41) is 0. The van der Waals surface area contributed by atoms with Gasteiger partial charge in [0.15, 0.2) is 0 Å². The summed E-state index contributed by atoms with van der Waals surface area (Å²) < 4.78 is 74.5. The second-order valence-electron chi connectivity index (χ2n) is 3.59. The first kappa shape index (κ1) is 13.8. The van der Waals surface area contributed by atoms with E-state index in [1.54, 1.807) is 0 Å². The molecule has 17 heavy (non-hydrogen) atoms. The van der Waals surface area contributed by atoms with Gasteiger partial charge in [-0.05, 0) is 30.7 Å². The van der Waals surface area contributed by atoms with Crippen LogP contribution in [0.1, 0.15) is 29.7 Å². The highest BCUT2D eigenvalue weighted by molar-refractivity contribution is 5.37. The maximum absolute atomic E-state index is 12.5. The summed E-state index contributed by atoms with van der Waals surface area (Å²) in [4.78, 5) is 0. The van der Waals surface area contributed by atoms with Crippen LogP contribution in [-0.2, 0) is 12.4 Å². The standard InChI is InChI=1S/C10H9F6N/c1-5(17)7-4-6(9(11,12)13)2-3-8(7)10(14,15)16/h2-5H,17H2,1H3/t5-/m0/s1. The van der Waals surface area contributed by atoms with E-state index < -0.39 is 35.1 Å². The fourth-order valence-electron chi connectivity index (χ4n) is 1.37. The van der Waals surface area contributed by atoms with Crippen molar-refractivity contribution < 1.29 is 26.3 Å². The van der Waals surface area contributed by atoms with Crippen LogP contribution in [0.3, 0.4) is 0 Å². The zero-order chi connectivity index (χ0) is 13.4. The zero-order valence-electron chi connectivity index (χ0n) is 8.65. The first-order valence-electron chi connectivity index (χ1n) is 4.57. The van der Waals surface area contributed by atoms with E-state index in [2.05, 4.69) is 0 Å². The lowest BCUT2D eigenvalue weighted by Crippen LogP contribution is -2.17. The van der Waals surface area contributed by atoms with Gasteiger partial charge >= 0.3 is 12.4 Å². The van der Waals surface area contributed by atoms with Crippen molar-refractivity contribution in [3.8, 4) is 0 Å². The van der Waals surface area contributed by atoms with E-state index in [1.807, 2.05) is 0 Å². The van der Waals surface area contributed by atoms with Gasteiger partial charge in [0, 0.05) is 6.04 Å². The van der Waals surface area contributed by atoms with E-state index in [1.165, 1.54) is 6.92 Å². The molecule has 1 aromatic rings. The molecule has 0 radical (unpaired) electrons. The quantitative estimate of drug-likeness (QED) is 0.762. The summed E-state index contributed by atoms with van der Waals surface area (Å²) in [7, 11) is 0. The number of hydrogen-bond acceptors (Lipinski definition) is 1. The SMILES string of the molecule is C[C@H](N)c1cc(C(F)(F)F)ccc1C(F)(F)F. The first-order chi connectivity index (χ1) is 7.53. The summed E-state index contributed by atoms with van der Waals surface area (Å²) in [5.41, 5.74) is 2.41. The van der Waals surface area contributed by atoms with Crippen LogP contribution < -0.4 is 5.73 Å². The van der Waals surface area contributed by atoms with Crippen molar-refractivity contribution in [2.24, 2.45) is 5.73 Å². The number of hydrogen-bond donors (Lipinski definition) is 1. The molecule has 0 amide bonds. The normalized spacial score (nSPS) is 14.8. The van der Waals surface area contributed by atoms with Crippen LogP contribution in [0.5, 0.6) is 0 Å². The highest BCUT2D eigenvalue weighted by atomic mass is 19.4. The van der Waals surface area contributed by atoms with Crippen molar-refractivity contribution in [2.75, 3.05) is 0 Å². The average Bonchev–Trinajstić information content (AvgIpc) is 2.14. The van der Waals surface area contributed by atoms with Gasteiger partial charge in [-0.25, -0.2) is 0 Å². The fourth-order valence-corrected chi connectivity index (χ4v) is 1.37. The van der Waals surface area contributed by atoms with Crippen LogP contribution in [0, 0.1) is 0 Å². The Morgan fingerprint density at radius 2 is 1.53 bits per heavy atom. The van der Waals surface area contributed by atoms with Crippen molar-refractivity contribution in [1.82, 2.24) is 0 Å². The molecule has 0 spiro atoms. The molecule has 2 N–H and O–H groups in total. The Kier molecular flexibility index (Phi) is 3.42. The van der Waals surface area contributed by atoms with E-state index >= 15 is 0 Å². The molecule has 1 rings (SSSR count). The number of alkyl halides is 6. The molecule has 0 aliphatic carbocycles. The fraction of sp³-hybridized carbons (Fsp3) is 0.400. The molecule has 0 fully saturated rings. The molecular weight excluding hydrogens is 248 g/mol. The minimum absolute atomic E-state index is 0.398. The summed E-state index contributed by atoms with van der Waals surface area (Å²) >= 11 is 0. The second-order valence-corrected chi connectivity index (χ2v) is 3.59. The van der Waals surface area contributed by atoms with E-state index in [-0.39, 0.29) is 0 Å². The molecule has 1 atom stereocenters. The molecule has 0 saturated carbocycles. The number of halogens is 6. The molecule has 0 heterocycles. The highest BCUT2D eigenvalue weighted by Crippen LogP contribution is 2.38. The number of rotatable bonds is 1. The number of nitrogens with two attached hydrogens (primary N) is 1. The predicted octanol–water partition coefficient (Wildman–Crippen LogP) is 3.74. The van der Waals surface area contributed by atoms with Gasteiger partial charge in [-0.3, -0.25) is 0 Å². The maximum Gasteiger partial charge on any atom is 0.416 e. The third-order valence-corrected chi connectivity index (χ3v) is 2.17. The molecule has 7 heteroatoms. The van der Waals surface area contributed by atoms with Gasteiger partial charge in [0.2, 0.25) is 0 Å². The Labute approximate surface area is 93.2 Å². The van der Waals surface area contributed by atoms with Gasteiger partial charge in [-0.1, -0.05) is 0 Å². The van der Waals surface area contributed by atoms with Gasteiger partial charge in [0.25, 0.3) is 0 Å². The first-order valence-corrected chi connectivity index (χ1v) is 4.57. The third kappa shape index (κ3) is 3.12. The molecule has 0 aromatic heterocycles. The van der Waals surface area contributed by atoms with E-state index in [0.717, 1.165) is 0 Å². The predicted molar refractivity (Wildman–Crippen MR) is 49.0 cm³/mol. The Balaban J connectivity index is 3.38. The van der Waals surface area contributed by atoms with Gasteiger partial charge in [0.1, 0.15) is 0 Å². The average molecular weight is 257 g/mol. The van der Waals surface area contributed by atoms with Crippen LogP contribution in [0.4, 0.5) is 26.3 Å². The molecule has 1 aromatic carbocycles. The Hall–Kier alpha value is -1.24. The summed E-state index contributed by atoms with van der Waals surface area (Å²) in [6.07, 6.45) is -9.40. The molecular formula is C10H9F6N. The third-order valence-electron chi connectivity index (χ3n) is 2.17. The Bertz CT molecular complexity index is 404.